The van der Waals surface area contributed by atoms with Crippen molar-refractivity contribution in [3.05, 3.63) is 125 Å². The number of methoxy groups -OCH3 is 1. The zero-order chi connectivity index (χ0) is 38.0. The highest BCUT2D eigenvalue weighted by Crippen LogP contribution is 2.60. The van der Waals surface area contributed by atoms with Crippen LogP contribution >= 0.6 is 0 Å². The zero-order valence-corrected chi connectivity index (χ0v) is 31.7. The number of anilines is 2. The fourth-order valence-electron chi connectivity index (χ4n) is 9.19. The van der Waals surface area contributed by atoms with Crippen LogP contribution in [0.25, 0.3) is 0 Å². The van der Waals surface area contributed by atoms with Gasteiger partial charge in [-0.1, -0.05) is 93.6 Å². The van der Waals surface area contributed by atoms with E-state index in [1.807, 2.05) is 101 Å². The predicted molar refractivity (Wildman–Crippen MR) is 209 cm³/mol. The number of nitrogens with zero attached hydrogens (tertiary/aromatic N) is 3. The minimum absolute atomic E-state index is 0.0226. The summed E-state index contributed by atoms with van der Waals surface area (Å²) in [5.74, 6) is -0.186. The molecule has 54 heavy (non-hydrogen) atoms. The highest BCUT2D eigenvalue weighted by molar-refractivity contribution is 6.08. The van der Waals surface area contributed by atoms with Crippen LogP contribution in [0.15, 0.2) is 103 Å². The van der Waals surface area contributed by atoms with Gasteiger partial charge in [0.25, 0.3) is 5.91 Å². The molecule has 4 aromatic carbocycles. The maximum absolute atomic E-state index is 15.3. The molecule has 9 heteroatoms. The van der Waals surface area contributed by atoms with Crippen LogP contribution in [0.2, 0.25) is 0 Å². The third-order valence-electron chi connectivity index (χ3n) is 12.0. The summed E-state index contributed by atoms with van der Waals surface area (Å²) in [6.07, 6.45) is 1.63. The Bertz CT molecular complexity index is 1970. The van der Waals surface area contributed by atoms with Gasteiger partial charge in [-0.25, -0.2) is 0 Å². The first-order chi connectivity index (χ1) is 26.1. The van der Waals surface area contributed by atoms with Crippen LogP contribution in [0.4, 0.5) is 11.4 Å². The number of benzene rings is 4. The van der Waals surface area contributed by atoms with Gasteiger partial charge in [-0.2, -0.15) is 0 Å². The number of hydrogen-bond acceptors (Lipinski definition) is 6. The van der Waals surface area contributed by atoms with E-state index in [1.165, 1.54) is 0 Å². The number of hydrogen-bond donors (Lipinski definition) is 1. The molecule has 3 amide bonds. The molecule has 3 aliphatic rings. The van der Waals surface area contributed by atoms with E-state index in [2.05, 4.69) is 32.9 Å². The van der Waals surface area contributed by atoms with Crippen LogP contribution in [-0.2, 0) is 43.2 Å². The lowest BCUT2D eigenvalue weighted by Gasteiger charge is -2.39. The Balaban J connectivity index is 1.34. The van der Waals surface area contributed by atoms with E-state index in [0.29, 0.717) is 26.1 Å². The Morgan fingerprint density at radius 3 is 2.28 bits per heavy atom. The summed E-state index contributed by atoms with van der Waals surface area (Å²) < 4.78 is 12.8. The molecule has 0 aliphatic carbocycles. The van der Waals surface area contributed by atoms with Gasteiger partial charge in [-0.05, 0) is 65.3 Å². The second-order valence-electron chi connectivity index (χ2n) is 15.5. The van der Waals surface area contributed by atoms with Gasteiger partial charge in [0.05, 0.1) is 38.5 Å². The molecule has 0 radical (unpaired) electrons. The van der Waals surface area contributed by atoms with Gasteiger partial charge in [-0.3, -0.25) is 14.4 Å². The second kappa shape index (κ2) is 15.4. The van der Waals surface area contributed by atoms with Crippen molar-refractivity contribution >= 4 is 29.1 Å². The Morgan fingerprint density at radius 1 is 0.944 bits per heavy atom. The third-order valence-corrected chi connectivity index (χ3v) is 12.0. The molecule has 4 aromatic rings. The molecule has 4 atom stereocenters. The number of fused-ring (bicyclic) bond motifs is 2. The SMILES string of the molecule is COc1ccc(C(C)(C)[C@@H]2[C@@H](CC(=O)N(CCO)Cc3ccccc3)O[C@]3(C(=O)N(Cc4ccccc4)c4ccc(N5CCCCC5=O)cc43)[C@H]2C)cc1. The average Bonchev–Trinajstić information content (AvgIpc) is 3.61. The molecular formula is C45H51N3O6. The van der Waals surface area contributed by atoms with Crippen molar-refractivity contribution in [3.63, 3.8) is 0 Å². The van der Waals surface area contributed by atoms with Gasteiger partial charge in [0.2, 0.25) is 11.8 Å². The number of rotatable bonds is 12. The van der Waals surface area contributed by atoms with E-state index in [4.69, 9.17) is 9.47 Å². The summed E-state index contributed by atoms with van der Waals surface area (Å²) >= 11 is 0. The fraction of sp³-hybridized carbons (Fsp3) is 0.400. The van der Waals surface area contributed by atoms with Crippen molar-refractivity contribution < 1.29 is 29.0 Å². The molecule has 0 unspecified atom stereocenters. The number of aliphatic hydroxyl groups excluding tert-OH is 1. The van der Waals surface area contributed by atoms with Gasteiger partial charge in [0, 0.05) is 49.1 Å². The van der Waals surface area contributed by atoms with Crippen molar-refractivity contribution in [3.8, 4) is 5.75 Å². The number of carbonyl (C=O) groups excluding carboxylic acids is 3. The number of ether oxygens (including phenoxy) is 2. The van der Waals surface area contributed by atoms with Crippen LogP contribution in [0.3, 0.4) is 0 Å². The minimum Gasteiger partial charge on any atom is -0.497 e. The molecule has 0 aromatic heterocycles. The molecule has 0 bridgehead atoms. The Hall–Kier alpha value is -4.99. The molecule has 7 rings (SSSR count). The molecule has 2 fully saturated rings. The lowest BCUT2D eigenvalue weighted by Crippen LogP contribution is -2.46. The Labute approximate surface area is 318 Å². The van der Waals surface area contributed by atoms with E-state index >= 15 is 4.79 Å². The van der Waals surface area contributed by atoms with Crippen molar-refractivity contribution in [2.24, 2.45) is 11.8 Å². The molecule has 282 valence electrons. The van der Waals surface area contributed by atoms with E-state index in [1.54, 1.807) is 12.0 Å². The van der Waals surface area contributed by atoms with Gasteiger partial charge >= 0.3 is 0 Å². The number of carbonyl (C=O) groups is 3. The molecule has 9 nitrogen and oxygen atoms in total. The zero-order valence-electron chi connectivity index (χ0n) is 31.7. The number of amides is 3. The summed E-state index contributed by atoms with van der Waals surface area (Å²) in [6.45, 7) is 7.73. The average molecular weight is 730 g/mol. The first kappa shape index (κ1) is 37.3. The minimum atomic E-state index is -1.42. The summed E-state index contributed by atoms with van der Waals surface area (Å²) in [4.78, 5) is 48.3. The third kappa shape index (κ3) is 6.80. The Morgan fingerprint density at radius 2 is 1.63 bits per heavy atom. The first-order valence-corrected chi connectivity index (χ1v) is 19.1. The van der Waals surface area contributed by atoms with Crippen LogP contribution in [-0.4, -0.2) is 60.6 Å². The van der Waals surface area contributed by atoms with E-state index in [9.17, 15) is 14.7 Å². The second-order valence-corrected chi connectivity index (χ2v) is 15.5. The predicted octanol–water partition coefficient (Wildman–Crippen LogP) is 6.99. The monoisotopic (exact) mass is 729 g/mol. The van der Waals surface area contributed by atoms with Crippen LogP contribution in [0, 0.1) is 11.8 Å². The molecule has 3 aliphatic heterocycles. The largest absolute Gasteiger partial charge is 0.497 e. The van der Waals surface area contributed by atoms with Crippen molar-refractivity contribution in [1.82, 2.24) is 4.90 Å². The lowest BCUT2D eigenvalue weighted by molar-refractivity contribution is -0.150. The van der Waals surface area contributed by atoms with E-state index < -0.39 is 17.1 Å². The van der Waals surface area contributed by atoms with Crippen LogP contribution in [0.5, 0.6) is 5.75 Å². The lowest BCUT2D eigenvalue weighted by atomic mass is 9.63. The maximum atomic E-state index is 15.3. The standard InChI is InChI=1S/C45H51N3O6/c1-31-42(44(2,3)34-18-21-36(53-4)22-19-34)39(28-41(51)46(25-26-49)29-32-13-7-5-8-14-32)54-45(31)37-27-35(47-24-12-11-17-40(47)50)20-23-38(37)48(43(45)52)30-33-15-9-6-10-16-33/h5-10,13-16,18-23,27,31,39,42,49H,11-12,17,24-26,28-30H2,1-4H3/t31-,39+,42-,45+/m0/s1. The highest BCUT2D eigenvalue weighted by atomic mass is 16.5. The number of aliphatic hydroxyl groups is 1. The summed E-state index contributed by atoms with van der Waals surface area (Å²) in [6, 6.07) is 33.5. The highest BCUT2D eigenvalue weighted by Gasteiger charge is 2.66. The molecule has 2 saturated heterocycles. The van der Waals surface area contributed by atoms with Crippen LogP contribution < -0.4 is 14.5 Å². The first-order valence-electron chi connectivity index (χ1n) is 19.1. The topological polar surface area (TPSA) is 99.6 Å². The smallest absolute Gasteiger partial charge is 0.264 e. The molecule has 3 heterocycles. The van der Waals surface area contributed by atoms with Crippen molar-refractivity contribution in [1.29, 1.82) is 0 Å². The summed E-state index contributed by atoms with van der Waals surface area (Å²) in [5.41, 5.74) is 3.24. The summed E-state index contributed by atoms with van der Waals surface area (Å²) in [5, 5.41) is 10.0. The van der Waals surface area contributed by atoms with Crippen molar-refractivity contribution in [2.45, 2.75) is 76.7 Å². The van der Waals surface area contributed by atoms with Gasteiger partial charge in [0.15, 0.2) is 5.60 Å². The summed E-state index contributed by atoms with van der Waals surface area (Å²) in [7, 11) is 1.64. The molecule has 1 spiro atoms. The van der Waals surface area contributed by atoms with Gasteiger partial charge in [-0.15, -0.1) is 0 Å². The van der Waals surface area contributed by atoms with E-state index in [-0.39, 0.29) is 49.1 Å². The quantitative estimate of drug-likeness (QED) is 0.169. The molecule has 0 saturated carbocycles. The molecular weight excluding hydrogens is 679 g/mol. The van der Waals surface area contributed by atoms with Gasteiger partial charge < -0.3 is 29.3 Å². The van der Waals surface area contributed by atoms with Crippen LogP contribution in [0.1, 0.15) is 68.7 Å². The molecule has 1 N–H and O–H groups in total. The normalized spacial score (nSPS) is 22.5. The fourth-order valence-corrected chi connectivity index (χ4v) is 9.19. The Kier molecular flexibility index (Phi) is 10.6. The number of piperidine rings is 1. The maximum Gasteiger partial charge on any atom is 0.264 e. The van der Waals surface area contributed by atoms with Gasteiger partial charge in [0.1, 0.15) is 5.75 Å². The van der Waals surface area contributed by atoms with Crippen molar-refractivity contribution in [2.75, 3.05) is 36.6 Å². The van der Waals surface area contributed by atoms with E-state index in [0.717, 1.165) is 52.2 Å².